The number of carbonyl (C=O) groups is 1. The van der Waals surface area contributed by atoms with E-state index >= 15 is 0 Å². The molecule has 0 aliphatic carbocycles. The summed E-state index contributed by atoms with van der Waals surface area (Å²) in [4.78, 5) is 17.1. The van der Waals surface area contributed by atoms with Crippen LogP contribution in [0.15, 0.2) is 28.9 Å². The van der Waals surface area contributed by atoms with Crippen molar-refractivity contribution in [1.82, 2.24) is 4.98 Å². The monoisotopic (exact) mass is 402 g/mol. The molecule has 4 nitrogen and oxygen atoms in total. The van der Waals surface area contributed by atoms with Gasteiger partial charge in [-0.2, -0.15) is 0 Å². The van der Waals surface area contributed by atoms with E-state index in [2.05, 4.69) is 33.2 Å². The van der Waals surface area contributed by atoms with Crippen LogP contribution in [0.25, 0.3) is 0 Å². The Balaban J connectivity index is 1.69. The first-order valence-electron chi connectivity index (χ1n) is 6.91. The number of amides is 1. The fourth-order valence-electron chi connectivity index (χ4n) is 1.70. The van der Waals surface area contributed by atoms with Crippen LogP contribution in [0.3, 0.4) is 0 Å². The first-order chi connectivity index (χ1) is 10.6. The fourth-order valence-corrected chi connectivity index (χ4v) is 2.89. The number of aryl methyl sites for hydroxylation is 1. The molecule has 1 aromatic heterocycles. The molecule has 0 atom stereocenters. The Bertz CT molecular complexity index is 648. The van der Waals surface area contributed by atoms with Crippen LogP contribution < -0.4 is 10.1 Å². The van der Waals surface area contributed by atoms with E-state index in [1.54, 1.807) is 12.3 Å². The summed E-state index contributed by atoms with van der Waals surface area (Å²) in [5.74, 6) is 0.649. The highest BCUT2D eigenvalue weighted by atomic mass is 79.9. The molecule has 118 valence electrons. The van der Waals surface area contributed by atoms with E-state index in [1.165, 1.54) is 11.3 Å². The van der Waals surface area contributed by atoms with Crippen molar-refractivity contribution in [2.75, 3.05) is 11.9 Å². The maximum absolute atomic E-state index is 11.8. The number of thiazole rings is 1. The van der Waals surface area contributed by atoms with Gasteiger partial charge in [0, 0.05) is 22.0 Å². The molecule has 0 radical (unpaired) electrons. The molecule has 2 aromatic rings. The highest BCUT2D eigenvalue weighted by Gasteiger charge is 2.06. The second kappa shape index (κ2) is 8.50. The number of rotatable bonds is 7. The number of carbonyl (C=O) groups excluding carboxylic acids is 1. The van der Waals surface area contributed by atoms with Crippen molar-refractivity contribution in [3.8, 4) is 5.75 Å². The van der Waals surface area contributed by atoms with Gasteiger partial charge in [0.1, 0.15) is 5.75 Å². The largest absolute Gasteiger partial charge is 0.494 e. The topological polar surface area (TPSA) is 51.2 Å². The number of aromatic nitrogens is 1. The predicted octanol–water partition coefficient (Wildman–Crippen LogP) is 4.92. The van der Waals surface area contributed by atoms with E-state index in [4.69, 9.17) is 16.3 Å². The Morgan fingerprint density at radius 1 is 1.50 bits per heavy atom. The summed E-state index contributed by atoms with van der Waals surface area (Å²) in [6.07, 6.45) is 3.74. The highest BCUT2D eigenvalue weighted by molar-refractivity contribution is 9.10. The van der Waals surface area contributed by atoms with Crippen LogP contribution in [0, 0.1) is 0 Å². The predicted molar refractivity (Wildman–Crippen MR) is 94.0 cm³/mol. The molecule has 2 rings (SSSR count). The molecule has 0 saturated carbocycles. The van der Waals surface area contributed by atoms with E-state index in [0.717, 1.165) is 15.8 Å². The first-order valence-corrected chi connectivity index (χ1v) is 8.89. The third kappa shape index (κ3) is 5.26. The second-order valence-electron chi connectivity index (χ2n) is 4.56. The summed E-state index contributed by atoms with van der Waals surface area (Å²) in [6, 6.07) is 5.41. The maximum Gasteiger partial charge on any atom is 0.226 e. The van der Waals surface area contributed by atoms with Crippen LogP contribution in [0.1, 0.15) is 24.6 Å². The van der Waals surface area contributed by atoms with Crippen LogP contribution >= 0.6 is 38.9 Å². The van der Waals surface area contributed by atoms with Gasteiger partial charge in [0.2, 0.25) is 5.91 Å². The number of nitrogens with zero attached hydrogens (tertiary/aromatic N) is 1. The molecule has 0 bridgehead atoms. The smallest absolute Gasteiger partial charge is 0.226 e. The summed E-state index contributed by atoms with van der Waals surface area (Å²) >= 11 is 10.8. The van der Waals surface area contributed by atoms with Gasteiger partial charge in [-0.15, -0.1) is 11.3 Å². The highest BCUT2D eigenvalue weighted by Crippen LogP contribution is 2.26. The average molecular weight is 404 g/mol. The number of hydrogen-bond acceptors (Lipinski definition) is 4. The second-order valence-corrected chi connectivity index (χ2v) is 6.94. The molecule has 0 saturated heterocycles. The molecule has 0 aliphatic heterocycles. The van der Waals surface area contributed by atoms with E-state index in [-0.39, 0.29) is 5.91 Å². The Hall–Kier alpha value is -1.11. The standard InChI is InChI=1S/C15H16BrClN2O2S/c1-2-11-9-18-15(22-11)19-14(20)4-3-7-21-10-5-6-12(16)13(17)8-10/h5-6,8-9H,2-4,7H2,1H3,(H,18,19,20). The molecular formula is C15H16BrClN2O2S. The Morgan fingerprint density at radius 3 is 3.00 bits per heavy atom. The lowest BCUT2D eigenvalue weighted by Crippen LogP contribution is -2.12. The van der Waals surface area contributed by atoms with E-state index < -0.39 is 0 Å². The van der Waals surface area contributed by atoms with E-state index in [9.17, 15) is 4.79 Å². The lowest BCUT2D eigenvalue weighted by Gasteiger charge is -2.07. The van der Waals surface area contributed by atoms with Crippen molar-refractivity contribution < 1.29 is 9.53 Å². The van der Waals surface area contributed by atoms with Gasteiger partial charge >= 0.3 is 0 Å². The van der Waals surface area contributed by atoms with Crippen LogP contribution in [0.5, 0.6) is 5.75 Å². The minimum absolute atomic E-state index is 0.0468. The number of halogens is 2. The Kier molecular flexibility index (Phi) is 6.67. The van der Waals surface area contributed by atoms with Gasteiger partial charge in [-0.3, -0.25) is 4.79 Å². The molecule has 22 heavy (non-hydrogen) atoms. The molecule has 0 fully saturated rings. The number of anilines is 1. The summed E-state index contributed by atoms with van der Waals surface area (Å²) in [5, 5.41) is 4.06. The quantitative estimate of drug-likeness (QED) is 0.668. The first kappa shape index (κ1) is 17.2. The van der Waals surface area contributed by atoms with Crippen molar-refractivity contribution in [2.45, 2.75) is 26.2 Å². The molecule has 7 heteroatoms. The van der Waals surface area contributed by atoms with Gasteiger partial charge in [-0.25, -0.2) is 4.98 Å². The lowest BCUT2D eigenvalue weighted by molar-refractivity contribution is -0.116. The van der Waals surface area contributed by atoms with Gasteiger partial charge in [0.25, 0.3) is 0 Å². The van der Waals surface area contributed by atoms with Gasteiger partial charge < -0.3 is 10.1 Å². The summed E-state index contributed by atoms with van der Waals surface area (Å²) in [5.41, 5.74) is 0. The van der Waals surface area contributed by atoms with Crippen molar-refractivity contribution in [3.63, 3.8) is 0 Å². The van der Waals surface area contributed by atoms with Crippen LogP contribution in [0.4, 0.5) is 5.13 Å². The molecule has 1 amide bonds. The fraction of sp³-hybridized carbons (Fsp3) is 0.333. The van der Waals surface area contributed by atoms with Gasteiger partial charge in [0.05, 0.1) is 11.6 Å². The van der Waals surface area contributed by atoms with Crippen molar-refractivity contribution >= 4 is 49.9 Å². The third-order valence-corrected chi connectivity index (χ3v) is 5.15. The summed E-state index contributed by atoms with van der Waals surface area (Å²) < 4.78 is 6.40. The van der Waals surface area contributed by atoms with Crippen molar-refractivity contribution in [3.05, 3.63) is 38.8 Å². The average Bonchev–Trinajstić information content (AvgIpc) is 2.95. The van der Waals surface area contributed by atoms with Gasteiger partial charge in [0.15, 0.2) is 5.13 Å². The molecule has 1 N–H and O–H groups in total. The van der Waals surface area contributed by atoms with Gasteiger partial charge in [-0.05, 0) is 47.0 Å². The minimum Gasteiger partial charge on any atom is -0.494 e. The number of hydrogen-bond donors (Lipinski definition) is 1. The molecule has 0 aliphatic rings. The Morgan fingerprint density at radius 2 is 2.32 bits per heavy atom. The summed E-state index contributed by atoms with van der Waals surface area (Å²) in [6.45, 7) is 2.52. The number of nitrogens with one attached hydrogen (secondary N) is 1. The Labute approximate surface area is 147 Å². The van der Waals surface area contributed by atoms with Crippen molar-refractivity contribution in [2.24, 2.45) is 0 Å². The van der Waals surface area contributed by atoms with E-state index in [1.807, 2.05) is 12.1 Å². The zero-order chi connectivity index (χ0) is 15.9. The zero-order valence-corrected chi connectivity index (χ0v) is 15.2. The molecule has 0 spiro atoms. The molecule has 1 aromatic carbocycles. The summed E-state index contributed by atoms with van der Waals surface area (Å²) in [7, 11) is 0. The zero-order valence-electron chi connectivity index (χ0n) is 12.1. The molecular weight excluding hydrogens is 388 g/mol. The SMILES string of the molecule is CCc1cnc(NC(=O)CCCOc2ccc(Br)c(Cl)c2)s1. The van der Waals surface area contributed by atoms with Crippen LogP contribution in [-0.2, 0) is 11.2 Å². The normalized spacial score (nSPS) is 10.5. The molecule has 0 unspecified atom stereocenters. The number of ether oxygens (including phenoxy) is 1. The van der Waals surface area contributed by atoms with Crippen LogP contribution in [0.2, 0.25) is 5.02 Å². The number of benzene rings is 1. The third-order valence-electron chi connectivity index (χ3n) is 2.86. The lowest BCUT2D eigenvalue weighted by atomic mass is 10.3. The minimum atomic E-state index is -0.0468. The van der Waals surface area contributed by atoms with Gasteiger partial charge in [-0.1, -0.05) is 18.5 Å². The maximum atomic E-state index is 11.8. The van der Waals surface area contributed by atoms with E-state index in [0.29, 0.717) is 35.4 Å². The van der Waals surface area contributed by atoms with Crippen LogP contribution in [-0.4, -0.2) is 17.5 Å². The van der Waals surface area contributed by atoms with Crippen molar-refractivity contribution in [1.29, 1.82) is 0 Å². The molecule has 1 heterocycles.